The van der Waals surface area contributed by atoms with Crippen molar-refractivity contribution in [2.24, 2.45) is 10.9 Å². The Kier molecular flexibility index (Phi) is 7.50. The number of methoxy groups -OCH3 is 1. The first-order valence-corrected chi connectivity index (χ1v) is 8.86. The van der Waals surface area contributed by atoms with E-state index in [1.54, 1.807) is 13.3 Å². The number of nitrogens with one attached hydrogen (secondary N) is 1. The highest BCUT2D eigenvalue weighted by Crippen LogP contribution is 2.18. The van der Waals surface area contributed by atoms with Crippen LogP contribution in [0.25, 0.3) is 0 Å². The third kappa shape index (κ3) is 5.62. The number of carbonyl (C=O) groups excluding carboxylic acids is 1. The summed E-state index contributed by atoms with van der Waals surface area (Å²) in [5.41, 5.74) is 1.03. The van der Waals surface area contributed by atoms with Gasteiger partial charge in [-0.25, -0.2) is 9.98 Å². The molecule has 0 radical (unpaired) electrons. The number of hydrogen-bond acceptors (Lipinski definition) is 5. The number of pyridine rings is 1. The molecule has 7 nitrogen and oxygen atoms in total. The summed E-state index contributed by atoms with van der Waals surface area (Å²) in [5, 5.41) is 3.32. The van der Waals surface area contributed by atoms with Crippen LogP contribution >= 0.6 is 0 Å². The minimum atomic E-state index is -0.109. The Labute approximate surface area is 149 Å². The molecule has 2 rings (SSSR count). The van der Waals surface area contributed by atoms with Crippen LogP contribution in [-0.2, 0) is 16.1 Å². The number of likely N-dealkylation sites (tertiary alicyclic amines) is 1. The second-order valence-corrected chi connectivity index (χ2v) is 5.91. The number of carbonyl (C=O) groups is 1. The molecule has 7 heteroatoms. The minimum absolute atomic E-state index is 0.0847. The number of nitrogens with zero attached hydrogens (tertiary/aromatic N) is 3. The zero-order valence-electron chi connectivity index (χ0n) is 15.3. The predicted octanol–water partition coefficient (Wildman–Crippen LogP) is 1.83. The summed E-state index contributed by atoms with van der Waals surface area (Å²) < 4.78 is 10.3. The largest absolute Gasteiger partial charge is 0.481 e. The Bertz CT molecular complexity index is 591. The fraction of sp³-hybridized carbons (Fsp3) is 0.611. The van der Waals surface area contributed by atoms with E-state index in [1.165, 1.54) is 0 Å². The molecule has 1 atom stereocenters. The molecule has 1 aromatic rings. The molecule has 1 aromatic heterocycles. The molecule has 0 spiro atoms. The summed E-state index contributed by atoms with van der Waals surface area (Å²) >= 11 is 0. The van der Waals surface area contributed by atoms with Gasteiger partial charge in [-0.3, -0.25) is 4.79 Å². The van der Waals surface area contributed by atoms with Crippen molar-refractivity contribution in [1.29, 1.82) is 0 Å². The quantitative estimate of drug-likeness (QED) is 0.480. The Morgan fingerprint density at radius 2 is 2.32 bits per heavy atom. The second kappa shape index (κ2) is 9.86. The third-order valence-electron chi connectivity index (χ3n) is 4.10. The van der Waals surface area contributed by atoms with Crippen LogP contribution in [0.2, 0.25) is 0 Å². The first kappa shape index (κ1) is 19.0. The van der Waals surface area contributed by atoms with E-state index in [-0.39, 0.29) is 11.9 Å². The van der Waals surface area contributed by atoms with Gasteiger partial charge >= 0.3 is 5.97 Å². The van der Waals surface area contributed by atoms with Gasteiger partial charge in [0.25, 0.3) is 0 Å². The third-order valence-corrected chi connectivity index (χ3v) is 4.10. The first-order chi connectivity index (χ1) is 12.2. The lowest BCUT2D eigenvalue weighted by Gasteiger charge is -2.34. The van der Waals surface area contributed by atoms with Gasteiger partial charge in [0, 0.05) is 31.9 Å². The van der Waals surface area contributed by atoms with Gasteiger partial charge < -0.3 is 19.7 Å². The number of guanidine groups is 1. The molecule has 1 N–H and O–H groups in total. The van der Waals surface area contributed by atoms with E-state index in [4.69, 9.17) is 14.5 Å². The van der Waals surface area contributed by atoms with Crippen LogP contribution in [0.1, 0.15) is 32.3 Å². The van der Waals surface area contributed by atoms with Crippen molar-refractivity contribution in [2.75, 3.05) is 33.4 Å². The van der Waals surface area contributed by atoms with Gasteiger partial charge in [0.05, 0.1) is 26.2 Å². The molecule has 0 bridgehead atoms. The van der Waals surface area contributed by atoms with Gasteiger partial charge in [-0.15, -0.1) is 0 Å². The van der Waals surface area contributed by atoms with Crippen molar-refractivity contribution >= 4 is 11.9 Å². The summed E-state index contributed by atoms with van der Waals surface area (Å²) in [6.45, 7) is 7.14. The Balaban J connectivity index is 2.06. The highest BCUT2D eigenvalue weighted by atomic mass is 16.5. The van der Waals surface area contributed by atoms with E-state index in [0.29, 0.717) is 25.6 Å². The van der Waals surface area contributed by atoms with E-state index in [9.17, 15) is 4.79 Å². The summed E-state index contributed by atoms with van der Waals surface area (Å²) in [5.74, 6) is 1.21. The zero-order chi connectivity index (χ0) is 18.1. The average molecular weight is 348 g/mol. The predicted molar refractivity (Wildman–Crippen MR) is 96.5 cm³/mol. The normalized spacial score (nSPS) is 18.0. The number of aromatic nitrogens is 1. The molecular formula is C18H28N4O3. The van der Waals surface area contributed by atoms with Gasteiger partial charge in [-0.1, -0.05) is 0 Å². The highest BCUT2D eigenvalue weighted by molar-refractivity contribution is 5.81. The highest BCUT2D eigenvalue weighted by Gasteiger charge is 2.28. The van der Waals surface area contributed by atoms with Crippen molar-refractivity contribution < 1.29 is 14.3 Å². The molecule has 138 valence electrons. The van der Waals surface area contributed by atoms with E-state index in [0.717, 1.165) is 37.5 Å². The maximum Gasteiger partial charge on any atom is 0.310 e. The van der Waals surface area contributed by atoms with Crippen LogP contribution in [0.15, 0.2) is 23.3 Å². The molecule has 1 saturated heterocycles. The van der Waals surface area contributed by atoms with Crippen LogP contribution in [0.4, 0.5) is 0 Å². The number of ether oxygens (including phenoxy) is 2. The molecule has 0 aromatic carbocycles. The topological polar surface area (TPSA) is 76.1 Å². The Morgan fingerprint density at radius 1 is 1.48 bits per heavy atom. The lowest BCUT2D eigenvalue weighted by Crippen LogP contribution is -2.48. The molecule has 25 heavy (non-hydrogen) atoms. The fourth-order valence-corrected chi connectivity index (χ4v) is 2.87. The SMILES string of the molecule is CCNC(=NCc1ccnc(OC)c1)N1CCCC(C(=O)OCC)C1. The molecule has 2 heterocycles. The lowest BCUT2D eigenvalue weighted by molar-refractivity contribution is -0.149. The van der Waals surface area contributed by atoms with E-state index < -0.39 is 0 Å². The summed E-state index contributed by atoms with van der Waals surface area (Å²) in [6, 6.07) is 3.80. The van der Waals surface area contributed by atoms with Gasteiger partial charge in [0.15, 0.2) is 5.96 Å². The van der Waals surface area contributed by atoms with Gasteiger partial charge in [0.2, 0.25) is 5.88 Å². The fourth-order valence-electron chi connectivity index (χ4n) is 2.87. The van der Waals surface area contributed by atoms with Crippen molar-refractivity contribution in [2.45, 2.75) is 33.2 Å². The van der Waals surface area contributed by atoms with Crippen LogP contribution in [0.3, 0.4) is 0 Å². The molecule has 1 unspecified atom stereocenters. The average Bonchev–Trinajstić information content (AvgIpc) is 2.65. The number of aliphatic imine (C=N–C) groups is 1. The van der Waals surface area contributed by atoms with E-state index in [2.05, 4.69) is 15.2 Å². The number of hydrogen-bond donors (Lipinski definition) is 1. The molecule has 1 aliphatic heterocycles. The first-order valence-electron chi connectivity index (χ1n) is 8.86. The van der Waals surface area contributed by atoms with Gasteiger partial charge in [0.1, 0.15) is 0 Å². The Hall–Kier alpha value is -2.31. The summed E-state index contributed by atoms with van der Waals surface area (Å²) in [4.78, 5) is 23.0. The van der Waals surface area contributed by atoms with Crippen LogP contribution in [0, 0.1) is 5.92 Å². The van der Waals surface area contributed by atoms with Crippen LogP contribution in [-0.4, -0.2) is 55.2 Å². The van der Waals surface area contributed by atoms with Crippen molar-refractivity contribution in [3.8, 4) is 5.88 Å². The second-order valence-electron chi connectivity index (χ2n) is 5.91. The van der Waals surface area contributed by atoms with Crippen molar-refractivity contribution in [1.82, 2.24) is 15.2 Å². The molecule has 1 fully saturated rings. The van der Waals surface area contributed by atoms with E-state index >= 15 is 0 Å². The number of rotatable bonds is 6. The number of piperidine rings is 1. The standard InChI is InChI=1S/C18H28N4O3/c1-4-19-18(21-12-14-8-9-20-16(11-14)24-3)22-10-6-7-15(13-22)17(23)25-5-2/h8-9,11,15H,4-7,10,12-13H2,1-3H3,(H,19,21). The van der Waals surface area contributed by atoms with E-state index in [1.807, 2.05) is 26.0 Å². The molecular weight excluding hydrogens is 320 g/mol. The molecule has 0 amide bonds. The maximum absolute atomic E-state index is 12.0. The molecule has 1 aliphatic rings. The lowest BCUT2D eigenvalue weighted by atomic mass is 9.98. The van der Waals surface area contributed by atoms with Crippen molar-refractivity contribution in [3.63, 3.8) is 0 Å². The van der Waals surface area contributed by atoms with Crippen molar-refractivity contribution in [3.05, 3.63) is 23.9 Å². The van der Waals surface area contributed by atoms with Gasteiger partial charge in [-0.05, 0) is 38.3 Å². The minimum Gasteiger partial charge on any atom is -0.481 e. The maximum atomic E-state index is 12.0. The van der Waals surface area contributed by atoms with Crippen LogP contribution < -0.4 is 10.1 Å². The monoisotopic (exact) mass is 348 g/mol. The number of esters is 1. The summed E-state index contributed by atoms with van der Waals surface area (Å²) in [6.07, 6.45) is 3.54. The van der Waals surface area contributed by atoms with Crippen LogP contribution in [0.5, 0.6) is 5.88 Å². The zero-order valence-corrected chi connectivity index (χ0v) is 15.3. The molecule has 0 saturated carbocycles. The Morgan fingerprint density at radius 3 is 3.04 bits per heavy atom. The smallest absolute Gasteiger partial charge is 0.310 e. The summed E-state index contributed by atoms with van der Waals surface area (Å²) in [7, 11) is 1.60. The molecule has 0 aliphatic carbocycles. The van der Waals surface area contributed by atoms with Gasteiger partial charge in [-0.2, -0.15) is 0 Å².